The molecular weight excluding hydrogens is 293 g/mol. The molecule has 0 N–H and O–H groups in total. The normalized spacial score (nSPS) is 11.0. The van der Waals surface area contributed by atoms with Crippen molar-refractivity contribution in [3.05, 3.63) is 72.2 Å². The van der Waals surface area contributed by atoms with Crippen LogP contribution < -0.4 is 4.90 Å². The molecule has 5 heteroatoms. The lowest BCUT2D eigenvalue weighted by molar-refractivity contribution is 0.230. The van der Waals surface area contributed by atoms with Crippen LogP contribution in [0.4, 0.5) is 14.9 Å². The molecule has 0 atom stereocenters. The highest BCUT2D eigenvalue weighted by Crippen LogP contribution is 2.18. The summed E-state index contributed by atoms with van der Waals surface area (Å²) < 4.78 is 13.0. The first-order chi connectivity index (χ1) is 11.0. The predicted molar refractivity (Wildman–Crippen MR) is 91.9 cm³/mol. The molecule has 2 rings (SSSR count). The van der Waals surface area contributed by atoms with E-state index < -0.39 is 0 Å². The Kier molecular flexibility index (Phi) is 5.25. The van der Waals surface area contributed by atoms with Crippen LogP contribution in [0.5, 0.6) is 0 Å². The zero-order valence-corrected chi connectivity index (χ0v) is 13.1. The van der Waals surface area contributed by atoms with E-state index in [0.717, 1.165) is 5.69 Å². The van der Waals surface area contributed by atoms with E-state index in [-0.39, 0.29) is 11.8 Å². The van der Waals surface area contributed by atoms with Gasteiger partial charge in [-0.25, -0.2) is 9.18 Å². The van der Waals surface area contributed by atoms with Crippen molar-refractivity contribution in [2.24, 2.45) is 4.99 Å². The van der Waals surface area contributed by atoms with Crippen LogP contribution in [0.25, 0.3) is 5.70 Å². The predicted octanol–water partition coefficient (Wildman–Crippen LogP) is 4.01. The van der Waals surface area contributed by atoms with E-state index in [4.69, 9.17) is 0 Å². The van der Waals surface area contributed by atoms with Gasteiger partial charge in [0.1, 0.15) is 5.82 Å². The Balaban J connectivity index is 2.20. The van der Waals surface area contributed by atoms with Crippen LogP contribution in [0.3, 0.4) is 0 Å². The molecule has 0 aliphatic rings. The number of carbonyl (C=O) groups excluding carboxylic acids is 1. The quantitative estimate of drug-likeness (QED) is 0.786. The van der Waals surface area contributed by atoms with Crippen molar-refractivity contribution < 1.29 is 9.18 Å². The summed E-state index contributed by atoms with van der Waals surface area (Å²) >= 11 is 0. The van der Waals surface area contributed by atoms with Gasteiger partial charge in [-0.1, -0.05) is 18.2 Å². The van der Waals surface area contributed by atoms with Gasteiger partial charge in [-0.15, -0.1) is 0 Å². The van der Waals surface area contributed by atoms with Gasteiger partial charge in [0.2, 0.25) is 0 Å². The Morgan fingerprint density at radius 3 is 2.26 bits per heavy atom. The van der Waals surface area contributed by atoms with Crippen LogP contribution in [-0.2, 0) is 0 Å². The average Bonchev–Trinajstić information content (AvgIpc) is 2.59. The molecule has 0 heterocycles. The number of benzene rings is 2. The maximum absolute atomic E-state index is 13.0. The lowest BCUT2D eigenvalue weighted by Crippen LogP contribution is -2.35. The van der Waals surface area contributed by atoms with Crippen LogP contribution in [0.2, 0.25) is 0 Å². The second-order valence-corrected chi connectivity index (χ2v) is 4.97. The summed E-state index contributed by atoms with van der Waals surface area (Å²) in [5, 5.41) is 0. The summed E-state index contributed by atoms with van der Waals surface area (Å²) in [5.41, 5.74) is 1.96. The summed E-state index contributed by atoms with van der Waals surface area (Å²) in [6, 6.07) is 15.0. The van der Waals surface area contributed by atoms with Crippen LogP contribution in [0.1, 0.15) is 5.56 Å². The number of urea groups is 1. The lowest BCUT2D eigenvalue weighted by Gasteiger charge is -2.23. The number of nitrogens with zero attached hydrogens (tertiary/aromatic N) is 3. The van der Waals surface area contributed by atoms with E-state index in [0.29, 0.717) is 11.3 Å². The number of hydrogen-bond acceptors (Lipinski definition) is 2. The smallest absolute Gasteiger partial charge is 0.302 e. The first-order valence-electron chi connectivity index (χ1n) is 7.03. The first-order valence-corrected chi connectivity index (χ1v) is 7.03. The highest BCUT2D eigenvalue weighted by Gasteiger charge is 2.15. The molecule has 4 nitrogen and oxygen atoms in total. The summed E-state index contributed by atoms with van der Waals surface area (Å²) in [6.07, 6.45) is 1.57. The van der Waals surface area contributed by atoms with Gasteiger partial charge in [-0.3, -0.25) is 9.89 Å². The molecule has 2 aromatic carbocycles. The van der Waals surface area contributed by atoms with Crippen molar-refractivity contribution in [1.29, 1.82) is 0 Å². The van der Waals surface area contributed by atoms with E-state index in [1.54, 1.807) is 32.4 Å². The van der Waals surface area contributed by atoms with Crippen LogP contribution >= 0.6 is 0 Å². The average molecular weight is 311 g/mol. The monoisotopic (exact) mass is 311 g/mol. The zero-order chi connectivity index (χ0) is 16.8. The number of amides is 2. The Bertz CT molecular complexity index is 711. The molecule has 0 aromatic heterocycles. The molecule has 118 valence electrons. The zero-order valence-electron chi connectivity index (χ0n) is 13.1. The number of hydrogen-bond donors (Lipinski definition) is 0. The Hall–Kier alpha value is -2.95. The Morgan fingerprint density at radius 2 is 1.70 bits per heavy atom. The van der Waals surface area contributed by atoms with Gasteiger partial charge < -0.3 is 4.90 Å². The number of carbonyl (C=O) groups is 1. The third-order valence-electron chi connectivity index (χ3n) is 3.36. The minimum atomic E-state index is -0.328. The number of rotatable bonds is 4. The third-order valence-corrected chi connectivity index (χ3v) is 3.36. The van der Waals surface area contributed by atoms with E-state index in [1.807, 2.05) is 30.3 Å². The van der Waals surface area contributed by atoms with Gasteiger partial charge in [-0.05, 0) is 43.1 Å². The standard InChI is InChI=1S/C18H18FN3O/c1-20-17(14-9-11-15(19)12-10-14)13-21(2)18(23)22(3)16-7-5-4-6-8-16/h4-13H,1H2,2-3H3. The Morgan fingerprint density at radius 1 is 1.09 bits per heavy atom. The fourth-order valence-corrected chi connectivity index (χ4v) is 2.06. The van der Waals surface area contributed by atoms with Crippen molar-refractivity contribution in [3.8, 4) is 0 Å². The molecule has 0 aliphatic heterocycles. The number of halogens is 1. The molecule has 0 saturated heterocycles. The Labute approximate surface area is 135 Å². The molecular formula is C18H18FN3O. The summed E-state index contributed by atoms with van der Waals surface area (Å²) in [7, 11) is 3.33. The topological polar surface area (TPSA) is 35.9 Å². The highest BCUT2D eigenvalue weighted by molar-refractivity contribution is 5.92. The van der Waals surface area contributed by atoms with E-state index in [2.05, 4.69) is 11.7 Å². The second kappa shape index (κ2) is 7.35. The van der Waals surface area contributed by atoms with Crippen molar-refractivity contribution in [2.45, 2.75) is 0 Å². The third kappa shape index (κ3) is 4.03. The maximum atomic E-state index is 13.0. The fourth-order valence-electron chi connectivity index (χ4n) is 2.06. The van der Waals surface area contributed by atoms with Crippen molar-refractivity contribution in [1.82, 2.24) is 4.90 Å². The van der Waals surface area contributed by atoms with Gasteiger partial charge in [0.25, 0.3) is 0 Å². The van der Waals surface area contributed by atoms with Crippen molar-refractivity contribution >= 4 is 24.1 Å². The summed E-state index contributed by atoms with van der Waals surface area (Å²) in [4.78, 5) is 19.3. The van der Waals surface area contributed by atoms with Gasteiger partial charge in [-0.2, -0.15) is 0 Å². The molecule has 2 aromatic rings. The molecule has 2 amide bonds. The van der Waals surface area contributed by atoms with Crippen LogP contribution in [0.15, 0.2) is 65.8 Å². The fraction of sp³-hybridized carbons (Fsp3) is 0.111. The molecule has 23 heavy (non-hydrogen) atoms. The number of anilines is 1. The lowest BCUT2D eigenvalue weighted by atomic mass is 10.1. The van der Waals surface area contributed by atoms with Crippen molar-refractivity contribution in [2.75, 3.05) is 19.0 Å². The number of aliphatic imine (C=N–C) groups is 1. The molecule has 0 unspecified atom stereocenters. The van der Waals surface area contributed by atoms with E-state index >= 15 is 0 Å². The summed E-state index contributed by atoms with van der Waals surface area (Å²) in [5.74, 6) is -0.328. The number of para-hydroxylation sites is 1. The van der Waals surface area contributed by atoms with Gasteiger partial charge in [0, 0.05) is 31.5 Å². The van der Waals surface area contributed by atoms with Crippen LogP contribution in [0, 0.1) is 5.82 Å². The molecule has 0 fully saturated rings. The maximum Gasteiger partial charge on any atom is 0.328 e. The second-order valence-electron chi connectivity index (χ2n) is 4.97. The minimum absolute atomic E-state index is 0.223. The van der Waals surface area contributed by atoms with E-state index in [9.17, 15) is 9.18 Å². The minimum Gasteiger partial charge on any atom is -0.302 e. The van der Waals surface area contributed by atoms with Crippen molar-refractivity contribution in [3.63, 3.8) is 0 Å². The first kappa shape index (κ1) is 16.4. The summed E-state index contributed by atoms with van der Waals surface area (Å²) in [6.45, 7) is 3.51. The SMILES string of the molecule is C=NC(=CN(C)C(=O)N(C)c1ccccc1)c1ccc(F)cc1. The van der Waals surface area contributed by atoms with Gasteiger partial charge in [0.05, 0.1) is 5.70 Å². The van der Waals surface area contributed by atoms with Gasteiger partial charge in [0.15, 0.2) is 0 Å². The molecule has 0 radical (unpaired) electrons. The molecule has 0 aliphatic carbocycles. The van der Waals surface area contributed by atoms with E-state index in [1.165, 1.54) is 21.9 Å². The molecule has 0 saturated carbocycles. The molecule has 0 spiro atoms. The van der Waals surface area contributed by atoms with Crippen LogP contribution in [-0.4, -0.2) is 31.7 Å². The van der Waals surface area contributed by atoms with Gasteiger partial charge >= 0.3 is 6.03 Å². The largest absolute Gasteiger partial charge is 0.328 e. The molecule has 0 bridgehead atoms. The highest BCUT2D eigenvalue weighted by atomic mass is 19.1.